The number of carbonyl (C=O) groups is 1. The molecule has 1 aromatic rings. The van der Waals surface area contributed by atoms with Crippen molar-refractivity contribution in [3.8, 4) is 0 Å². The van der Waals surface area contributed by atoms with Gasteiger partial charge in [-0.25, -0.2) is 4.98 Å². The predicted molar refractivity (Wildman–Crippen MR) is 72.8 cm³/mol. The highest BCUT2D eigenvalue weighted by molar-refractivity contribution is 6.32. The van der Waals surface area contributed by atoms with Gasteiger partial charge in [0.15, 0.2) is 0 Å². The maximum atomic E-state index is 12.3. The number of rotatable bonds is 2. The van der Waals surface area contributed by atoms with Crippen LogP contribution in [-0.2, 0) is 0 Å². The van der Waals surface area contributed by atoms with Crippen molar-refractivity contribution in [1.29, 1.82) is 0 Å². The van der Waals surface area contributed by atoms with E-state index in [2.05, 4.69) is 18.8 Å². The first kappa shape index (κ1) is 13.3. The average Bonchev–Trinajstić information content (AvgIpc) is 2.39. The van der Waals surface area contributed by atoms with Gasteiger partial charge in [0.25, 0.3) is 5.91 Å². The molecule has 98 valence electrons. The Balaban J connectivity index is 2.07. The van der Waals surface area contributed by atoms with E-state index in [9.17, 15) is 4.79 Å². The van der Waals surface area contributed by atoms with Crippen LogP contribution in [0, 0.1) is 5.41 Å². The maximum Gasteiger partial charge on any atom is 0.256 e. The molecule has 0 N–H and O–H groups in total. The van der Waals surface area contributed by atoms with Gasteiger partial charge in [0.05, 0.1) is 5.56 Å². The van der Waals surface area contributed by atoms with Gasteiger partial charge in [-0.2, -0.15) is 0 Å². The van der Waals surface area contributed by atoms with Crippen LogP contribution in [0.15, 0.2) is 18.3 Å². The van der Waals surface area contributed by atoms with Crippen LogP contribution in [0.1, 0.15) is 43.5 Å². The van der Waals surface area contributed by atoms with E-state index in [1.807, 2.05) is 4.90 Å². The normalized spacial score (nSPS) is 18.7. The van der Waals surface area contributed by atoms with Gasteiger partial charge in [-0.15, -0.1) is 0 Å². The summed E-state index contributed by atoms with van der Waals surface area (Å²) in [6.07, 6.45) is 4.90. The molecule has 2 heterocycles. The zero-order valence-electron chi connectivity index (χ0n) is 10.9. The minimum atomic E-state index is 0.00579. The van der Waals surface area contributed by atoms with Gasteiger partial charge < -0.3 is 4.90 Å². The summed E-state index contributed by atoms with van der Waals surface area (Å²) in [5.74, 6) is 0.00579. The number of piperidine rings is 1. The van der Waals surface area contributed by atoms with Crippen LogP contribution >= 0.6 is 11.6 Å². The molecule has 0 aliphatic carbocycles. The van der Waals surface area contributed by atoms with Gasteiger partial charge in [-0.3, -0.25) is 4.79 Å². The molecule has 0 saturated carbocycles. The quantitative estimate of drug-likeness (QED) is 0.769. The van der Waals surface area contributed by atoms with Crippen molar-refractivity contribution in [2.24, 2.45) is 5.41 Å². The van der Waals surface area contributed by atoms with Crippen molar-refractivity contribution < 1.29 is 4.79 Å². The molecule has 1 aliphatic rings. The Kier molecular flexibility index (Phi) is 3.91. The Morgan fingerprint density at radius 3 is 2.72 bits per heavy atom. The third-order valence-electron chi connectivity index (χ3n) is 4.10. The molecule has 1 fully saturated rings. The lowest BCUT2D eigenvalue weighted by atomic mass is 9.78. The summed E-state index contributed by atoms with van der Waals surface area (Å²) in [6, 6.07) is 3.49. The van der Waals surface area contributed by atoms with Crippen molar-refractivity contribution in [2.45, 2.75) is 33.1 Å². The lowest BCUT2D eigenvalue weighted by Gasteiger charge is -2.38. The van der Waals surface area contributed by atoms with E-state index in [1.54, 1.807) is 18.3 Å². The van der Waals surface area contributed by atoms with Gasteiger partial charge in [0.1, 0.15) is 5.15 Å². The Morgan fingerprint density at radius 2 is 2.17 bits per heavy atom. The smallest absolute Gasteiger partial charge is 0.256 e. The number of halogens is 1. The summed E-state index contributed by atoms with van der Waals surface area (Å²) < 4.78 is 0. The molecule has 2 rings (SSSR count). The molecular weight excluding hydrogens is 248 g/mol. The second-order valence-electron chi connectivity index (χ2n) is 5.30. The molecule has 1 amide bonds. The van der Waals surface area contributed by atoms with Crippen LogP contribution in [0.5, 0.6) is 0 Å². The van der Waals surface area contributed by atoms with E-state index in [1.165, 1.54) is 6.42 Å². The lowest BCUT2D eigenvalue weighted by molar-refractivity contribution is 0.0600. The molecule has 1 aromatic heterocycles. The zero-order valence-corrected chi connectivity index (χ0v) is 11.7. The fourth-order valence-corrected chi connectivity index (χ4v) is 2.52. The fraction of sp³-hybridized carbons (Fsp3) is 0.571. The zero-order chi connectivity index (χ0) is 13.2. The summed E-state index contributed by atoms with van der Waals surface area (Å²) in [5.41, 5.74) is 0.898. The molecule has 3 nitrogen and oxygen atoms in total. The van der Waals surface area contributed by atoms with Crippen LogP contribution in [0.2, 0.25) is 5.15 Å². The molecule has 4 heteroatoms. The second kappa shape index (κ2) is 5.27. The van der Waals surface area contributed by atoms with Gasteiger partial charge in [-0.1, -0.05) is 31.9 Å². The van der Waals surface area contributed by atoms with Crippen molar-refractivity contribution in [1.82, 2.24) is 9.88 Å². The molecule has 0 aromatic carbocycles. The summed E-state index contributed by atoms with van der Waals surface area (Å²) in [5, 5.41) is 0.298. The van der Waals surface area contributed by atoms with Crippen molar-refractivity contribution in [3.05, 3.63) is 29.0 Å². The number of likely N-dealkylation sites (tertiary alicyclic amines) is 1. The van der Waals surface area contributed by atoms with Crippen molar-refractivity contribution in [2.75, 3.05) is 13.1 Å². The van der Waals surface area contributed by atoms with Crippen LogP contribution in [-0.4, -0.2) is 28.9 Å². The summed E-state index contributed by atoms with van der Waals surface area (Å²) in [7, 11) is 0. The highest BCUT2D eigenvalue weighted by atomic mass is 35.5. The molecule has 18 heavy (non-hydrogen) atoms. The predicted octanol–water partition coefficient (Wildman–Crippen LogP) is 3.39. The van der Waals surface area contributed by atoms with Gasteiger partial charge in [0, 0.05) is 19.3 Å². The molecule has 0 radical (unpaired) electrons. The van der Waals surface area contributed by atoms with Gasteiger partial charge >= 0.3 is 0 Å². The largest absolute Gasteiger partial charge is 0.339 e. The van der Waals surface area contributed by atoms with Crippen LogP contribution in [0.3, 0.4) is 0 Å². The third kappa shape index (κ3) is 2.66. The third-order valence-corrected chi connectivity index (χ3v) is 4.40. The SMILES string of the molecule is CCC1(C)CCN(C(=O)c2cccnc2Cl)CC1. The molecule has 0 unspecified atom stereocenters. The number of carbonyl (C=O) groups excluding carboxylic acids is 1. The van der Waals surface area contributed by atoms with E-state index in [4.69, 9.17) is 11.6 Å². The minimum Gasteiger partial charge on any atom is -0.339 e. The molecule has 1 aliphatic heterocycles. The first-order valence-corrected chi connectivity index (χ1v) is 6.83. The molecular formula is C14H19ClN2O. The topological polar surface area (TPSA) is 33.2 Å². The van der Waals surface area contributed by atoms with E-state index in [0.717, 1.165) is 25.9 Å². The highest BCUT2D eigenvalue weighted by Gasteiger charge is 2.31. The standard InChI is InChI=1S/C14H19ClN2O/c1-3-14(2)6-9-17(10-7-14)13(18)11-5-4-8-16-12(11)15/h4-5,8H,3,6-7,9-10H2,1-2H3. The Morgan fingerprint density at radius 1 is 1.50 bits per heavy atom. The van der Waals surface area contributed by atoms with E-state index < -0.39 is 0 Å². The molecule has 0 atom stereocenters. The molecule has 1 saturated heterocycles. The Hall–Kier alpha value is -1.09. The van der Waals surface area contributed by atoms with Crippen LogP contribution in [0.25, 0.3) is 0 Å². The highest BCUT2D eigenvalue weighted by Crippen LogP contribution is 2.34. The summed E-state index contributed by atoms with van der Waals surface area (Å²) >= 11 is 5.96. The van der Waals surface area contributed by atoms with Crippen molar-refractivity contribution >= 4 is 17.5 Å². The van der Waals surface area contributed by atoms with Crippen LogP contribution < -0.4 is 0 Å². The first-order valence-electron chi connectivity index (χ1n) is 6.45. The molecule has 0 bridgehead atoms. The number of aromatic nitrogens is 1. The van der Waals surface area contributed by atoms with E-state index in [-0.39, 0.29) is 5.91 Å². The number of hydrogen-bond donors (Lipinski definition) is 0. The maximum absolute atomic E-state index is 12.3. The summed E-state index contributed by atoms with van der Waals surface area (Å²) in [6.45, 7) is 6.14. The Labute approximate surface area is 113 Å². The van der Waals surface area contributed by atoms with E-state index in [0.29, 0.717) is 16.1 Å². The monoisotopic (exact) mass is 266 g/mol. The van der Waals surface area contributed by atoms with Crippen LogP contribution in [0.4, 0.5) is 0 Å². The van der Waals surface area contributed by atoms with Crippen molar-refractivity contribution in [3.63, 3.8) is 0 Å². The number of amides is 1. The Bertz CT molecular complexity index is 439. The minimum absolute atomic E-state index is 0.00579. The average molecular weight is 267 g/mol. The number of nitrogens with zero attached hydrogens (tertiary/aromatic N) is 2. The summed E-state index contributed by atoms with van der Waals surface area (Å²) in [4.78, 5) is 18.2. The molecule has 0 spiro atoms. The fourth-order valence-electron chi connectivity index (χ4n) is 2.32. The van der Waals surface area contributed by atoms with E-state index >= 15 is 0 Å². The number of pyridine rings is 1. The lowest BCUT2D eigenvalue weighted by Crippen LogP contribution is -2.42. The second-order valence-corrected chi connectivity index (χ2v) is 5.66. The number of hydrogen-bond acceptors (Lipinski definition) is 2. The van der Waals surface area contributed by atoms with Gasteiger partial charge in [-0.05, 0) is 30.4 Å². The van der Waals surface area contributed by atoms with Gasteiger partial charge in [0.2, 0.25) is 0 Å². The first-order chi connectivity index (χ1) is 8.56.